The summed E-state index contributed by atoms with van der Waals surface area (Å²) in [5.41, 5.74) is 1.89. The number of carbonyl (C=O) groups is 2. The average molecular weight is 275 g/mol. The zero-order valence-electron chi connectivity index (χ0n) is 10.2. The summed E-state index contributed by atoms with van der Waals surface area (Å²) in [5.74, 6) is -0.313. The molecule has 1 aromatic heterocycles. The first kappa shape index (κ1) is 13.2. The van der Waals surface area contributed by atoms with Crippen LogP contribution in [0.2, 0.25) is 5.02 Å². The van der Waals surface area contributed by atoms with Gasteiger partial charge in [-0.2, -0.15) is 0 Å². The number of nitrogens with zero attached hydrogens (tertiary/aromatic N) is 1. The van der Waals surface area contributed by atoms with Crippen molar-refractivity contribution in [1.29, 1.82) is 0 Å². The Hall–Kier alpha value is -2.20. The Morgan fingerprint density at radius 3 is 2.79 bits per heavy atom. The molecule has 5 heteroatoms. The largest absolute Gasteiger partial charge is 0.354 e. The molecule has 0 fully saturated rings. The number of pyridine rings is 1. The van der Waals surface area contributed by atoms with E-state index in [1.54, 1.807) is 30.3 Å². The van der Waals surface area contributed by atoms with Gasteiger partial charge < -0.3 is 5.32 Å². The van der Waals surface area contributed by atoms with Crippen LogP contribution in [0.5, 0.6) is 0 Å². The number of hydrogen-bond acceptors (Lipinski definition) is 3. The van der Waals surface area contributed by atoms with Crippen LogP contribution >= 0.6 is 11.6 Å². The van der Waals surface area contributed by atoms with Crippen LogP contribution in [-0.2, 0) is 0 Å². The van der Waals surface area contributed by atoms with Crippen molar-refractivity contribution in [2.75, 3.05) is 7.05 Å². The molecule has 0 aliphatic rings. The second-order valence-corrected chi connectivity index (χ2v) is 4.26. The van der Waals surface area contributed by atoms with Gasteiger partial charge in [0, 0.05) is 29.4 Å². The van der Waals surface area contributed by atoms with Gasteiger partial charge in [-0.25, -0.2) is 0 Å². The molecule has 0 unspecified atom stereocenters. The highest BCUT2D eigenvalue weighted by Gasteiger charge is 2.15. The summed E-state index contributed by atoms with van der Waals surface area (Å²) in [7, 11) is 1.53. The van der Waals surface area contributed by atoms with Crippen molar-refractivity contribution in [3.05, 3.63) is 52.8 Å². The van der Waals surface area contributed by atoms with Gasteiger partial charge in [-0.05, 0) is 29.8 Å². The van der Waals surface area contributed by atoms with Gasteiger partial charge in [0.2, 0.25) is 0 Å². The lowest BCUT2D eigenvalue weighted by Gasteiger charge is -2.09. The Balaban J connectivity index is 2.68. The van der Waals surface area contributed by atoms with Gasteiger partial charge in [-0.15, -0.1) is 0 Å². The third-order valence-electron chi connectivity index (χ3n) is 2.68. The molecule has 0 saturated carbocycles. The Bertz CT molecular complexity index is 641. The number of nitrogens with one attached hydrogen (secondary N) is 1. The van der Waals surface area contributed by atoms with Crippen LogP contribution < -0.4 is 5.32 Å². The molecular weight excluding hydrogens is 264 g/mol. The van der Waals surface area contributed by atoms with Gasteiger partial charge in [0.25, 0.3) is 5.91 Å². The van der Waals surface area contributed by atoms with Gasteiger partial charge in [0.05, 0.1) is 0 Å². The van der Waals surface area contributed by atoms with Crippen molar-refractivity contribution in [3.63, 3.8) is 0 Å². The topological polar surface area (TPSA) is 59.1 Å². The smallest absolute Gasteiger partial charge is 0.270 e. The quantitative estimate of drug-likeness (QED) is 0.875. The minimum atomic E-state index is -0.313. The molecule has 96 valence electrons. The number of hydrogen-bond donors (Lipinski definition) is 1. The molecule has 4 nitrogen and oxygen atoms in total. The second-order valence-electron chi connectivity index (χ2n) is 3.83. The SMILES string of the molecule is CNC(=O)c1ncccc1-c1cc(Cl)ccc1C=O. The highest BCUT2D eigenvalue weighted by molar-refractivity contribution is 6.31. The fourth-order valence-electron chi connectivity index (χ4n) is 1.79. The minimum absolute atomic E-state index is 0.260. The zero-order chi connectivity index (χ0) is 13.8. The van der Waals surface area contributed by atoms with E-state index in [1.807, 2.05) is 0 Å². The Morgan fingerprint density at radius 2 is 2.11 bits per heavy atom. The lowest BCUT2D eigenvalue weighted by Crippen LogP contribution is -2.20. The van der Waals surface area contributed by atoms with Crippen molar-refractivity contribution in [2.45, 2.75) is 0 Å². The minimum Gasteiger partial charge on any atom is -0.354 e. The van der Waals surface area contributed by atoms with Gasteiger partial charge >= 0.3 is 0 Å². The molecule has 2 rings (SSSR count). The van der Waals surface area contributed by atoms with E-state index < -0.39 is 0 Å². The molecule has 0 spiro atoms. The molecule has 2 aromatic rings. The third-order valence-corrected chi connectivity index (χ3v) is 2.92. The van der Waals surface area contributed by atoms with Gasteiger partial charge in [-0.1, -0.05) is 17.7 Å². The van der Waals surface area contributed by atoms with Crippen molar-refractivity contribution in [1.82, 2.24) is 10.3 Å². The summed E-state index contributed by atoms with van der Waals surface area (Å²) < 4.78 is 0. The van der Waals surface area contributed by atoms with Gasteiger partial charge in [0.15, 0.2) is 6.29 Å². The summed E-state index contributed by atoms with van der Waals surface area (Å²) in [6.45, 7) is 0. The molecule has 0 aliphatic heterocycles. The van der Waals surface area contributed by atoms with Crippen molar-refractivity contribution in [2.24, 2.45) is 0 Å². The van der Waals surface area contributed by atoms with Crippen LogP contribution in [-0.4, -0.2) is 24.2 Å². The van der Waals surface area contributed by atoms with E-state index in [4.69, 9.17) is 11.6 Å². The molecule has 1 aromatic carbocycles. The maximum atomic E-state index is 11.8. The zero-order valence-corrected chi connectivity index (χ0v) is 10.9. The molecule has 0 atom stereocenters. The maximum absolute atomic E-state index is 11.8. The highest BCUT2D eigenvalue weighted by atomic mass is 35.5. The van der Waals surface area contributed by atoms with E-state index in [1.165, 1.54) is 13.2 Å². The molecule has 1 amide bonds. The molecular formula is C14H11ClN2O2. The first-order valence-electron chi connectivity index (χ1n) is 5.59. The summed E-state index contributed by atoms with van der Waals surface area (Å²) in [6.07, 6.45) is 2.26. The first-order chi connectivity index (χ1) is 9.17. The standard InChI is InChI=1S/C14H11ClN2O2/c1-16-14(19)13-11(3-2-6-17-13)12-7-10(15)5-4-9(12)8-18/h2-8H,1H3,(H,16,19). The van der Waals surface area contributed by atoms with E-state index in [2.05, 4.69) is 10.3 Å². The van der Waals surface area contributed by atoms with E-state index in [-0.39, 0.29) is 11.6 Å². The number of amides is 1. The number of benzene rings is 1. The summed E-state index contributed by atoms with van der Waals surface area (Å²) in [4.78, 5) is 27.0. The summed E-state index contributed by atoms with van der Waals surface area (Å²) in [5, 5.41) is 3.01. The average Bonchev–Trinajstić information content (AvgIpc) is 2.46. The Morgan fingerprint density at radius 1 is 1.32 bits per heavy atom. The fraction of sp³-hybridized carbons (Fsp3) is 0.0714. The second kappa shape index (κ2) is 5.63. The van der Waals surface area contributed by atoms with E-state index in [0.717, 1.165) is 6.29 Å². The predicted molar refractivity (Wildman–Crippen MR) is 73.5 cm³/mol. The maximum Gasteiger partial charge on any atom is 0.270 e. The molecule has 1 N–H and O–H groups in total. The van der Waals surface area contributed by atoms with Crippen LogP contribution in [0, 0.1) is 0 Å². The summed E-state index contributed by atoms with van der Waals surface area (Å²) >= 11 is 5.95. The van der Waals surface area contributed by atoms with Crippen molar-refractivity contribution >= 4 is 23.8 Å². The number of halogens is 1. The van der Waals surface area contributed by atoms with Crippen LogP contribution in [0.1, 0.15) is 20.8 Å². The Labute approximate surface area is 115 Å². The number of aldehydes is 1. The third kappa shape index (κ3) is 2.63. The summed E-state index contributed by atoms with van der Waals surface area (Å²) in [6, 6.07) is 8.33. The van der Waals surface area contributed by atoms with Crippen molar-refractivity contribution < 1.29 is 9.59 Å². The molecule has 1 heterocycles. The molecule has 0 bridgehead atoms. The van der Waals surface area contributed by atoms with Gasteiger partial charge in [-0.3, -0.25) is 14.6 Å². The van der Waals surface area contributed by atoms with Crippen molar-refractivity contribution in [3.8, 4) is 11.1 Å². The predicted octanol–water partition coefficient (Wildman–Crippen LogP) is 2.57. The van der Waals surface area contributed by atoms with Crippen LogP contribution in [0.25, 0.3) is 11.1 Å². The number of aromatic nitrogens is 1. The molecule has 19 heavy (non-hydrogen) atoms. The normalized spacial score (nSPS) is 10.0. The lowest BCUT2D eigenvalue weighted by molar-refractivity contribution is 0.0958. The molecule has 0 saturated heterocycles. The molecule has 0 aliphatic carbocycles. The Kier molecular flexibility index (Phi) is 3.92. The number of rotatable bonds is 3. The first-order valence-corrected chi connectivity index (χ1v) is 5.97. The van der Waals surface area contributed by atoms with E-state index >= 15 is 0 Å². The van der Waals surface area contributed by atoms with Gasteiger partial charge in [0.1, 0.15) is 5.69 Å². The van der Waals surface area contributed by atoms with Crippen LogP contribution in [0.3, 0.4) is 0 Å². The van der Waals surface area contributed by atoms with E-state index in [0.29, 0.717) is 21.7 Å². The highest BCUT2D eigenvalue weighted by Crippen LogP contribution is 2.28. The van der Waals surface area contributed by atoms with E-state index in [9.17, 15) is 9.59 Å². The van der Waals surface area contributed by atoms with Crippen LogP contribution in [0.15, 0.2) is 36.5 Å². The fourth-order valence-corrected chi connectivity index (χ4v) is 1.96. The van der Waals surface area contributed by atoms with Crippen LogP contribution in [0.4, 0.5) is 0 Å². The molecule has 0 radical (unpaired) electrons. The lowest BCUT2D eigenvalue weighted by atomic mass is 9.98. The monoisotopic (exact) mass is 274 g/mol. The number of carbonyl (C=O) groups excluding carboxylic acids is 2.